The van der Waals surface area contributed by atoms with Crippen LogP contribution in [0, 0.1) is 0 Å². The normalized spacial score (nSPS) is 12.6. The maximum Gasteiger partial charge on any atom is 0.368 e. The van der Waals surface area contributed by atoms with Crippen LogP contribution in [0.1, 0.15) is 5.56 Å². The van der Waals surface area contributed by atoms with Gasteiger partial charge < -0.3 is 15.5 Å². The lowest BCUT2D eigenvalue weighted by molar-refractivity contribution is -0.161. The van der Waals surface area contributed by atoms with Crippen molar-refractivity contribution < 1.29 is 32.6 Å². The van der Waals surface area contributed by atoms with E-state index in [4.69, 9.17) is 5.11 Å². The standard InChI is InChI=1S/C13H13F4NO3/c14-12(15)13(16,17)11(21)7-9(18-5-6-19)8-3-1-2-4-10(8)20/h1-4,7,12,18-20H,5-6H2/b9-7+. The van der Waals surface area contributed by atoms with Crippen LogP contribution in [0.5, 0.6) is 5.75 Å². The number of nitrogens with one attached hydrogen (secondary N) is 1. The number of carbonyl (C=O) groups excluding carboxylic acids is 1. The van der Waals surface area contributed by atoms with Crippen molar-refractivity contribution >= 4 is 11.5 Å². The Balaban J connectivity index is 3.17. The first-order valence-corrected chi connectivity index (χ1v) is 5.86. The summed E-state index contributed by atoms with van der Waals surface area (Å²) in [6.07, 6.45) is -3.85. The predicted octanol–water partition coefficient (Wildman–Crippen LogP) is 1.78. The van der Waals surface area contributed by atoms with Crippen molar-refractivity contribution in [2.24, 2.45) is 0 Å². The van der Waals surface area contributed by atoms with E-state index >= 15 is 0 Å². The molecule has 21 heavy (non-hydrogen) atoms. The number of carbonyl (C=O) groups is 1. The molecule has 0 fully saturated rings. The highest BCUT2D eigenvalue weighted by Crippen LogP contribution is 2.28. The number of halogens is 4. The second-order valence-corrected chi connectivity index (χ2v) is 4.01. The average Bonchev–Trinajstić information content (AvgIpc) is 2.43. The number of phenolic OH excluding ortho intramolecular Hbond substituents is 1. The molecule has 0 unspecified atom stereocenters. The zero-order chi connectivity index (χ0) is 16.0. The van der Waals surface area contributed by atoms with Gasteiger partial charge in [0.25, 0.3) is 0 Å². The third-order valence-corrected chi connectivity index (χ3v) is 2.50. The van der Waals surface area contributed by atoms with Gasteiger partial charge in [-0.2, -0.15) is 8.78 Å². The largest absolute Gasteiger partial charge is 0.507 e. The summed E-state index contributed by atoms with van der Waals surface area (Å²) < 4.78 is 50.2. The summed E-state index contributed by atoms with van der Waals surface area (Å²) in [5.74, 6) is -7.25. The minimum atomic E-state index is -4.82. The molecule has 3 N–H and O–H groups in total. The Bertz CT molecular complexity index is 532. The number of aliphatic hydroxyl groups is 1. The molecule has 0 bridgehead atoms. The number of alkyl halides is 4. The van der Waals surface area contributed by atoms with Crippen molar-refractivity contribution in [3.63, 3.8) is 0 Å². The molecular weight excluding hydrogens is 294 g/mol. The van der Waals surface area contributed by atoms with Crippen LogP contribution in [0.2, 0.25) is 0 Å². The highest BCUT2D eigenvalue weighted by molar-refractivity contribution is 6.01. The summed E-state index contributed by atoms with van der Waals surface area (Å²) in [4.78, 5) is 11.3. The third-order valence-electron chi connectivity index (χ3n) is 2.50. The lowest BCUT2D eigenvalue weighted by Crippen LogP contribution is -2.36. The van der Waals surface area contributed by atoms with Gasteiger partial charge in [0, 0.05) is 23.9 Å². The summed E-state index contributed by atoms with van der Waals surface area (Å²) in [7, 11) is 0. The quantitative estimate of drug-likeness (QED) is 0.530. The Morgan fingerprint density at radius 2 is 1.95 bits per heavy atom. The van der Waals surface area contributed by atoms with E-state index in [2.05, 4.69) is 5.32 Å². The highest BCUT2D eigenvalue weighted by atomic mass is 19.3. The number of hydrogen-bond acceptors (Lipinski definition) is 4. The molecule has 0 spiro atoms. The molecule has 0 aliphatic carbocycles. The maximum atomic E-state index is 13.0. The average molecular weight is 307 g/mol. The lowest BCUT2D eigenvalue weighted by Gasteiger charge is -2.15. The number of allylic oxidation sites excluding steroid dienone is 1. The Hall–Kier alpha value is -2.09. The molecule has 0 atom stereocenters. The molecule has 1 rings (SSSR count). The van der Waals surface area contributed by atoms with E-state index in [0.29, 0.717) is 0 Å². The molecule has 4 nitrogen and oxygen atoms in total. The highest BCUT2D eigenvalue weighted by Gasteiger charge is 2.47. The molecule has 0 saturated carbocycles. The van der Waals surface area contributed by atoms with Crippen molar-refractivity contribution in [3.05, 3.63) is 35.9 Å². The fourth-order valence-corrected chi connectivity index (χ4v) is 1.45. The number of benzene rings is 1. The van der Waals surface area contributed by atoms with E-state index < -0.39 is 18.1 Å². The Morgan fingerprint density at radius 3 is 2.48 bits per heavy atom. The molecule has 0 aromatic heterocycles. The van der Waals surface area contributed by atoms with E-state index in [9.17, 15) is 27.5 Å². The summed E-state index contributed by atoms with van der Waals surface area (Å²) >= 11 is 0. The number of aromatic hydroxyl groups is 1. The molecule has 0 aliphatic rings. The van der Waals surface area contributed by atoms with Gasteiger partial charge in [-0.3, -0.25) is 4.79 Å². The van der Waals surface area contributed by atoms with Crippen LogP contribution < -0.4 is 5.32 Å². The second-order valence-electron chi connectivity index (χ2n) is 4.01. The molecule has 0 heterocycles. The molecule has 8 heteroatoms. The Labute approximate surface area is 117 Å². The minimum Gasteiger partial charge on any atom is -0.507 e. The lowest BCUT2D eigenvalue weighted by atomic mass is 10.1. The molecule has 0 radical (unpaired) electrons. The molecule has 0 saturated heterocycles. The smallest absolute Gasteiger partial charge is 0.368 e. The number of aliphatic hydroxyl groups excluding tert-OH is 1. The molecule has 116 valence electrons. The van der Waals surface area contributed by atoms with Gasteiger partial charge >= 0.3 is 12.3 Å². The molecule has 1 aromatic rings. The van der Waals surface area contributed by atoms with Crippen molar-refractivity contribution in [2.45, 2.75) is 12.3 Å². The van der Waals surface area contributed by atoms with Crippen LogP contribution in [-0.4, -0.2) is 41.5 Å². The fraction of sp³-hybridized carbons (Fsp3) is 0.308. The first kappa shape index (κ1) is 17.0. The van der Waals surface area contributed by atoms with E-state index in [1.54, 1.807) is 0 Å². The molecule has 0 amide bonds. The third kappa shape index (κ3) is 4.19. The van der Waals surface area contributed by atoms with Gasteiger partial charge in [-0.15, -0.1) is 0 Å². The molecule has 0 aliphatic heterocycles. The van der Waals surface area contributed by atoms with Crippen molar-refractivity contribution in [1.82, 2.24) is 5.32 Å². The van der Waals surface area contributed by atoms with Gasteiger partial charge in [0.15, 0.2) is 0 Å². The maximum absolute atomic E-state index is 13.0. The Kier molecular flexibility index (Phi) is 5.71. The first-order chi connectivity index (χ1) is 9.80. The SMILES string of the molecule is O=C(/C=C(/NCCO)c1ccccc1O)C(F)(F)C(F)F. The van der Waals surface area contributed by atoms with Gasteiger partial charge in [0.05, 0.1) is 6.61 Å². The molecule has 1 aromatic carbocycles. The summed E-state index contributed by atoms with van der Waals surface area (Å²) in [5, 5.41) is 20.7. The summed E-state index contributed by atoms with van der Waals surface area (Å²) in [5.41, 5.74) is -0.308. The zero-order valence-corrected chi connectivity index (χ0v) is 10.7. The topological polar surface area (TPSA) is 69.6 Å². The van der Waals surface area contributed by atoms with Crippen molar-refractivity contribution in [2.75, 3.05) is 13.2 Å². The van der Waals surface area contributed by atoms with E-state index in [0.717, 1.165) is 0 Å². The van der Waals surface area contributed by atoms with E-state index in [-0.39, 0.29) is 36.2 Å². The van der Waals surface area contributed by atoms with E-state index in [1.807, 2.05) is 0 Å². The van der Waals surface area contributed by atoms with Crippen LogP contribution in [0.3, 0.4) is 0 Å². The van der Waals surface area contributed by atoms with E-state index in [1.165, 1.54) is 24.3 Å². The van der Waals surface area contributed by atoms with Crippen LogP contribution in [0.15, 0.2) is 30.3 Å². The summed E-state index contributed by atoms with van der Waals surface area (Å²) in [6.45, 7) is -0.502. The van der Waals surface area contributed by atoms with Crippen LogP contribution in [-0.2, 0) is 4.79 Å². The molecular formula is C13H13F4NO3. The Morgan fingerprint density at radius 1 is 1.33 bits per heavy atom. The van der Waals surface area contributed by atoms with Crippen molar-refractivity contribution in [3.8, 4) is 5.75 Å². The number of phenols is 1. The summed E-state index contributed by atoms with van der Waals surface area (Å²) in [6, 6.07) is 5.45. The van der Waals surface area contributed by atoms with Crippen LogP contribution in [0.25, 0.3) is 5.70 Å². The van der Waals surface area contributed by atoms with Gasteiger partial charge in [-0.05, 0) is 12.1 Å². The predicted molar refractivity (Wildman–Crippen MR) is 67.1 cm³/mol. The number of hydrogen-bond donors (Lipinski definition) is 3. The van der Waals surface area contributed by atoms with Gasteiger partial charge in [0.1, 0.15) is 5.75 Å². The van der Waals surface area contributed by atoms with Crippen LogP contribution >= 0.6 is 0 Å². The minimum absolute atomic E-state index is 0.0237. The van der Waals surface area contributed by atoms with Gasteiger partial charge in [0.2, 0.25) is 5.78 Å². The monoisotopic (exact) mass is 307 g/mol. The number of ketones is 1. The van der Waals surface area contributed by atoms with Gasteiger partial charge in [-0.1, -0.05) is 12.1 Å². The number of rotatable bonds is 7. The first-order valence-electron chi connectivity index (χ1n) is 5.86. The second kappa shape index (κ2) is 7.07. The van der Waals surface area contributed by atoms with Gasteiger partial charge in [-0.25, -0.2) is 8.78 Å². The zero-order valence-electron chi connectivity index (χ0n) is 10.7. The van der Waals surface area contributed by atoms with Crippen LogP contribution in [0.4, 0.5) is 17.6 Å². The fourth-order valence-electron chi connectivity index (χ4n) is 1.45. The van der Waals surface area contributed by atoms with Crippen molar-refractivity contribution in [1.29, 1.82) is 0 Å². The number of para-hydroxylation sites is 1.